The van der Waals surface area contributed by atoms with Crippen LogP contribution in [0.2, 0.25) is 0 Å². The third-order valence-corrected chi connectivity index (χ3v) is 4.61. The Labute approximate surface area is 150 Å². The van der Waals surface area contributed by atoms with E-state index < -0.39 is 5.79 Å². The van der Waals surface area contributed by atoms with Crippen molar-refractivity contribution in [2.45, 2.75) is 31.3 Å². The summed E-state index contributed by atoms with van der Waals surface area (Å²) in [5.41, 5.74) is 8.12. The van der Waals surface area contributed by atoms with Gasteiger partial charge < -0.3 is 24.9 Å². The highest BCUT2D eigenvalue weighted by Gasteiger charge is 2.42. The van der Waals surface area contributed by atoms with Crippen molar-refractivity contribution in [1.29, 1.82) is 0 Å². The molecule has 0 amide bonds. The predicted molar refractivity (Wildman–Crippen MR) is 95.0 cm³/mol. The molecule has 0 saturated carbocycles. The molecule has 8 nitrogen and oxygen atoms in total. The molecule has 136 valence electrons. The van der Waals surface area contributed by atoms with Gasteiger partial charge in [-0.25, -0.2) is 15.0 Å². The van der Waals surface area contributed by atoms with Crippen molar-refractivity contribution in [2.75, 3.05) is 18.9 Å². The van der Waals surface area contributed by atoms with Gasteiger partial charge >= 0.3 is 0 Å². The van der Waals surface area contributed by atoms with Crippen LogP contribution < -0.4 is 5.73 Å². The Morgan fingerprint density at radius 3 is 2.85 bits per heavy atom. The second-order valence-corrected chi connectivity index (χ2v) is 6.33. The number of aromatic nitrogens is 4. The Hall–Kier alpha value is -2.55. The first-order chi connectivity index (χ1) is 12.7. The fraction of sp³-hybridized carbons (Fsp3) is 0.389. The summed E-state index contributed by atoms with van der Waals surface area (Å²) in [6.45, 7) is 1.01. The molecule has 2 aromatic heterocycles. The number of imidazole rings is 1. The van der Waals surface area contributed by atoms with E-state index in [1.165, 1.54) is 6.33 Å². The van der Waals surface area contributed by atoms with E-state index in [-0.39, 0.29) is 12.7 Å². The van der Waals surface area contributed by atoms with E-state index in [1.807, 2.05) is 34.9 Å². The van der Waals surface area contributed by atoms with Crippen molar-refractivity contribution in [3.8, 4) is 0 Å². The lowest BCUT2D eigenvalue weighted by atomic mass is 10.0. The molecule has 1 aliphatic heterocycles. The second kappa shape index (κ2) is 6.99. The van der Waals surface area contributed by atoms with Crippen molar-refractivity contribution in [3.63, 3.8) is 0 Å². The zero-order valence-electron chi connectivity index (χ0n) is 14.3. The van der Waals surface area contributed by atoms with Crippen LogP contribution in [0.5, 0.6) is 0 Å². The maximum Gasteiger partial charge on any atom is 0.195 e. The van der Waals surface area contributed by atoms with Crippen LogP contribution in [0.3, 0.4) is 0 Å². The number of ether oxygens (including phenoxy) is 2. The Kier molecular flexibility index (Phi) is 4.54. The van der Waals surface area contributed by atoms with Crippen LogP contribution in [0.4, 0.5) is 5.82 Å². The van der Waals surface area contributed by atoms with Crippen LogP contribution in [0.1, 0.15) is 18.4 Å². The first kappa shape index (κ1) is 16.9. The average Bonchev–Trinajstić information content (AvgIpc) is 3.29. The molecule has 3 N–H and O–H groups in total. The molecule has 2 unspecified atom stereocenters. The number of anilines is 1. The number of rotatable bonds is 6. The van der Waals surface area contributed by atoms with Gasteiger partial charge in [-0.1, -0.05) is 30.3 Å². The van der Waals surface area contributed by atoms with E-state index in [9.17, 15) is 5.11 Å². The number of aliphatic hydroxyl groups excluding tert-OH is 1. The first-order valence-corrected chi connectivity index (χ1v) is 8.61. The van der Waals surface area contributed by atoms with Crippen LogP contribution in [0.15, 0.2) is 43.0 Å². The normalized spacial score (nSPS) is 22.9. The van der Waals surface area contributed by atoms with Gasteiger partial charge in [-0.15, -0.1) is 0 Å². The fourth-order valence-corrected chi connectivity index (χ4v) is 3.32. The van der Waals surface area contributed by atoms with E-state index in [1.54, 1.807) is 6.33 Å². The van der Waals surface area contributed by atoms with Gasteiger partial charge in [-0.3, -0.25) is 0 Å². The van der Waals surface area contributed by atoms with E-state index in [4.69, 9.17) is 15.2 Å². The molecule has 8 heteroatoms. The lowest BCUT2D eigenvalue weighted by Gasteiger charge is -2.28. The summed E-state index contributed by atoms with van der Waals surface area (Å²) < 4.78 is 14.0. The van der Waals surface area contributed by atoms with Gasteiger partial charge in [0.1, 0.15) is 17.9 Å². The number of hydrogen-bond acceptors (Lipinski definition) is 7. The van der Waals surface area contributed by atoms with Gasteiger partial charge in [0.15, 0.2) is 17.3 Å². The zero-order valence-corrected chi connectivity index (χ0v) is 14.3. The maximum absolute atomic E-state index is 9.42. The topological polar surface area (TPSA) is 108 Å². The second-order valence-electron chi connectivity index (χ2n) is 6.33. The van der Waals surface area contributed by atoms with Crippen molar-refractivity contribution < 1.29 is 14.6 Å². The monoisotopic (exact) mass is 355 g/mol. The highest BCUT2D eigenvalue weighted by Crippen LogP contribution is 2.38. The number of benzene rings is 1. The molecule has 1 saturated heterocycles. The van der Waals surface area contributed by atoms with E-state index in [0.29, 0.717) is 36.6 Å². The van der Waals surface area contributed by atoms with E-state index >= 15 is 0 Å². The highest BCUT2D eigenvalue weighted by atomic mass is 16.7. The molecule has 2 atom stereocenters. The van der Waals surface area contributed by atoms with Crippen LogP contribution >= 0.6 is 0 Å². The van der Waals surface area contributed by atoms with Crippen molar-refractivity contribution in [3.05, 3.63) is 48.5 Å². The number of hydrogen-bond donors (Lipinski definition) is 2. The summed E-state index contributed by atoms with van der Waals surface area (Å²) >= 11 is 0. The molecule has 26 heavy (non-hydrogen) atoms. The van der Waals surface area contributed by atoms with Crippen LogP contribution in [0, 0.1) is 0 Å². The van der Waals surface area contributed by atoms with Crippen molar-refractivity contribution in [1.82, 2.24) is 19.5 Å². The minimum absolute atomic E-state index is 0.0586. The van der Waals surface area contributed by atoms with Gasteiger partial charge in [0.25, 0.3) is 0 Å². The third-order valence-electron chi connectivity index (χ3n) is 4.61. The molecule has 0 bridgehead atoms. The van der Waals surface area contributed by atoms with Crippen molar-refractivity contribution >= 4 is 17.0 Å². The molecule has 4 rings (SSSR count). The minimum atomic E-state index is -0.834. The number of nitrogens with zero attached hydrogens (tertiary/aromatic N) is 4. The van der Waals surface area contributed by atoms with Gasteiger partial charge in [-0.2, -0.15) is 0 Å². The van der Waals surface area contributed by atoms with Gasteiger partial charge in [0.2, 0.25) is 0 Å². The summed E-state index contributed by atoms with van der Waals surface area (Å²) in [5, 5.41) is 9.42. The standard InChI is InChI=1S/C18H21N5O3/c19-16-15-17(21-11-20-16)23(12-22-15)8-4-7-18(13-5-2-1-3-6-13)25-10-14(9-24)26-18/h1-3,5-6,11-12,14,24H,4,7-10H2,(H2,19,20,21). The summed E-state index contributed by atoms with van der Waals surface area (Å²) in [6, 6.07) is 9.84. The molecule has 1 fully saturated rings. The summed E-state index contributed by atoms with van der Waals surface area (Å²) in [4.78, 5) is 12.5. The summed E-state index contributed by atoms with van der Waals surface area (Å²) in [6.07, 6.45) is 4.28. The third kappa shape index (κ3) is 3.03. The SMILES string of the molecule is Nc1ncnc2c1ncn2CCCC1(c2ccccc2)OCC(CO)O1. The molecule has 1 aromatic carbocycles. The zero-order chi connectivity index (χ0) is 18.0. The molecule has 3 heterocycles. The van der Waals surface area contributed by atoms with Gasteiger partial charge in [-0.05, 0) is 6.42 Å². The molecular weight excluding hydrogens is 334 g/mol. The average molecular weight is 355 g/mol. The Bertz CT molecular complexity index is 885. The number of aliphatic hydroxyl groups is 1. The molecule has 0 spiro atoms. The van der Waals surface area contributed by atoms with Crippen LogP contribution in [-0.4, -0.2) is 43.9 Å². The Balaban J connectivity index is 1.51. The van der Waals surface area contributed by atoms with Gasteiger partial charge in [0.05, 0.1) is 19.5 Å². The molecule has 1 aliphatic rings. The van der Waals surface area contributed by atoms with Crippen LogP contribution in [-0.2, 0) is 21.8 Å². The van der Waals surface area contributed by atoms with Crippen molar-refractivity contribution in [2.24, 2.45) is 0 Å². The quantitative estimate of drug-likeness (QED) is 0.689. The van der Waals surface area contributed by atoms with Crippen LogP contribution in [0.25, 0.3) is 11.2 Å². The van der Waals surface area contributed by atoms with E-state index in [2.05, 4.69) is 15.0 Å². The molecular formula is C18H21N5O3. The summed E-state index contributed by atoms with van der Waals surface area (Å²) in [5.74, 6) is -0.457. The lowest BCUT2D eigenvalue weighted by Crippen LogP contribution is -2.29. The van der Waals surface area contributed by atoms with Gasteiger partial charge in [0, 0.05) is 18.5 Å². The molecule has 3 aromatic rings. The maximum atomic E-state index is 9.42. The molecule has 0 radical (unpaired) electrons. The smallest absolute Gasteiger partial charge is 0.195 e. The summed E-state index contributed by atoms with van der Waals surface area (Å²) in [7, 11) is 0. The minimum Gasteiger partial charge on any atom is -0.394 e. The number of aryl methyl sites for hydroxylation is 1. The Morgan fingerprint density at radius 1 is 1.23 bits per heavy atom. The number of fused-ring (bicyclic) bond motifs is 1. The number of nitrogens with two attached hydrogens (primary N) is 1. The molecule has 0 aliphatic carbocycles. The lowest BCUT2D eigenvalue weighted by molar-refractivity contribution is -0.186. The predicted octanol–water partition coefficient (Wildman–Crippen LogP) is 1.45. The highest BCUT2D eigenvalue weighted by molar-refractivity contribution is 5.80. The Morgan fingerprint density at radius 2 is 2.08 bits per heavy atom. The number of nitrogen functional groups attached to an aromatic ring is 1. The van der Waals surface area contributed by atoms with E-state index in [0.717, 1.165) is 12.0 Å². The first-order valence-electron chi connectivity index (χ1n) is 8.61. The largest absolute Gasteiger partial charge is 0.394 e. The fourth-order valence-electron chi connectivity index (χ4n) is 3.32.